The fraction of sp³-hybridized carbons (Fsp3) is 0.333. The maximum atomic E-state index is 3.57. The quantitative estimate of drug-likeness (QED) is 0.723. The summed E-state index contributed by atoms with van der Waals surface area (Å²) in [5.41, 5.74) is 2.94. The van der Waals surface area contributed by atoms with Crippen LogP contribution < -0.4 is 0 Å². The number of halogens is 1. The fourth-order valence-electron chi connectivity index (χ4n) is 3.67. The lowest BCUT2D eigenvalue weighted by molar-refractivity contribution is 0.264. The Morgan fingerprint density at radius 1 is 1.05 bits per heavy atom. The molecule has 2 aliphatic heterocycles. The second-order valence-corrected chi connectivity index (χ2v) is 6.98. The summed E-state index contributed by atoms with van der Waals surface area (Å²) in [6.45, 7) is 0. The van der Waals surface area contributed by atoms with Gasteiger partial charge in [-0.25, -0.2) is 0 Å². The Hall–Kier alpha value is -1.12. The third-order valence-electron chi connectivity index (χ3n) is 4.92. The van der Waals surface area contributed by atoms with Crippen molar-refractivity contribution in [3.05, 3.63) is 52.5 Å². The maximum absolute atomic E-state index is 3.57. The number of benzene rings is 2. The summed E-state index contributed by atoms with van der Waals surface area (Å²) in [6.07, 6.45) is 6.36. The Balaban J connectivity index is 1.77. The molecule has 0 aromatic heterocycles. The van der Waals surface area contributed by atoms with Crippen LogP contribution in [0.3, 0.4) is 0 Å². The van der Waals surface area contributed by atoms with Crippen LogP contribution in [0.2, 0.25) is 0 Å². The van der Waals surface area contributed by atoms with Crippen LogP contribution in [0, 0.1) is 0 Å². The van der Waals surface area contributed by atoms with Crippen LogP contribution in [0.4, 0.5) is 0 Å². The van der Waals surface area contributed by atoms with Gasteiger partial charge in [-0.15, -0.1) is 0 Å². The van der Waals surface area contributed by atoms with E-state index in [9.17, 15) is 0 Å². The van der Waals surface area contributed by atoms with Gasteiger partial charge in [-0.1, -0.05) is 40.2 Å². The van der Waals surface area contributed by atoms with E-state index in [1.54, 1.807) is 0 Å². The molecule has 1 saturated heterocycles. The zero-order chi connectivity index (χ0) is 13.7. The molecule has 1 fully saturated rings. The number of likely N-dealkylation sites (N-methyl/N-ethyl adjacent to an activating group) is 1. The average Bonchev–Trinajstić information content (AvgIpc) is 2.67. The van der Waals surface area contributed by atoms with Crippen molar-refractivity contribution in [3.63, 3.8) is 0 Å². The summed E-state index contributed by atoms with van der Waals surface area (Å²) in [6, 6.07) is 14.8. The first-order chi connectivity index (χ1) is 9.70. The first-order valence-corrected chi connectivity index (χ1v) is 8.12. The maximum Gasteiger partial charge on any atom is 0.0284 e. The lowest BCUT2D eigenvalue weighted by atomic mass is 9.93. The van der Waals surface area contributed by atoms with Gasteiger partial charge in [0.05, 0.1) is 0 Å². The Morgan fingerprint density at radius 2 is 1.90 bits per heavy atom. The van der Waals surface area contributed by atoms with Crippen molar-refractivity contribution >= 4 is 32.3 Å². The fourth-order valence-corrected chi connectivity index (χ4v) is 4.05. The van der Waals surface area contributed by atoms with E-state index in [0.717, 1.165) is 10.5 Å². The molecule has 102 valence electrons. The van der Waals surface area contributed by atoms with Gasteiger partial charge in [-0.05, 0) is 66.4 Å². The molecule has 2 heterocycles. The van der Waals surface area contributed by atoms with Crippen LogP contribution in [0.1, 0.15) is 24.8 Å². The summed E-state index contributed by atoms with van der Waals surface area (Å²) >= 11 is 3.57. The number of hydrogen-bond acceptors (Lipinski definition) is 1. The molecule has 0 amide bonds. The minimum absolute atomic E-state index is 0.655. The number of nitrogens with zero attached hydrogens (tertiary/aromatic N) is 1. The smallest absolute Gasteiger partial charge is 0.0284 e. The summed E-state index contributed by atoms with van der Waals surface area (Å²) < 4.78 is 1.15. The van der Waals surface area contributed by atoms with Crippen LogP contribution in [0.25, 0.3) is 16.3 Å². The topological polar surface area (TPSA) is 3.24 Å². The highest BCUT2D eigenvalue weighted by molar-refractivity contribution is 9.10. The second-order valence-electron chi connectivity index (χ2n) is 6.07. The Bertz CT molecular complexity index is 704. The zero-order valence-electron chi connectivity index (χ0n) is 11.6. The number of fused-ring (bicyclic) bond motifs is 3. The van der Waals surface area contributed by atoms with E-state index in [2.05, 4.69) is 70.4 Å². The molecule has 2 heteroatoms. The first kappa shape index (κ1) is 12.6. The van der Waals surface area contributed by atoms with Crippen molar-refractivity contribution in [2.24, 2.45) is 0 Å². The van der Waals surface area contributed by atoms with Crippen LogP contribution in [0.5, 0.6) is 0 Å². The Morgan fingerprint density at radius 3 is 2.75 bits per heavy atom. The summed E-state index contributed by atoms with van der Waals surface area (Å²) in [7, 11) is 2.27. The van der Waals surface area contributed by atoms with E-state index in [1.165, 1.54) is 41.2 Å². The van der Waals surface area contributed by atoms with Crippen LogP contribution in [-0.2, 0) is 0 Å². The van der Waals surface area contributed by atoms with Crippen LogP contribution >= 0.6 is 15.9 Å². The van der Waals surface area contributed by atoms with Gasteiger partial charge in [-0.3, -0.25) is 4.90 Å². The lowest BCUT2D eigenvalue weighted by Crippen LogP contribution is -2.34. The summed E-state index contributed by atoms with van der Waals surface area (Å²) in [5, 5.41) is 2.64. The van der Waals surface area contributed by atoms with Gasteiger partial charge in [0.2, 0.25) is 0 Å². The second kappa shape index (κ2) is 4.71. The van der Waals surface area contributed by atoms with E-state index in [0.29, 0.717) is 6.04 Å². The highest BCUT2D eigenvalue weighted by atomic mass is 79.9. The van der Waals surface area contributed by atoms with E-state index in [1.807, 2.05) is 0 Å². The van der Waals surface area contributed by atoms with Crippen molar-refractivity contribution in [1.82, 2.24) is 4.90 Å². The minimum Gasteiger partial charge on any atom is -0.297 e. The molecule has 2 bridgehead atoms. The molecule has 20 heavy (non-hydrogen) atoms. The van der Waals surface area contributed by atoms with Gasteiger partial charge in [-0.2, -0.15) is 0 Å². The third kappa shape index (κ3) is 2.02. The predicted octanol–water partition coefficient (Wildman–Crippen LogP) is 4.85. The summed E-state index contributed by atoms with van der Waals surface area (Å²) in [4.78, 5) is 2.54. The Kier molecular flexibility index (Phi) is 2.97. The average molecular weight is 328 g/mol. The zero-order valence-corrected chi connectivity index (χ0v) is 13.2. The molecular weight excluding hydrogens is 310 g/mol. The summed E-state index contributed by atoms with van der Waals surface area (Å²) in [5.74, 6) is 0. The van der Waals surface area contributed by atoms with Crippen molar-refractivity contribution in [1.29, 1.82) is 0 Å². The molecule has 1 nitrogen and oxygen atoms in total. The highest BCUT2D eigenvalue weighted by Crippen LogP contribution is 2.38. The molecule has 0 N–H and O–H groups in total. The third-order valence-corrected chi connectivity index (χ3v) is 5.41. The molecule has 2 atom stereocenters. The van der Waals surface area contributed by atoms with Gasteiger partial charge in [0, 0.05) is 16.6 Å². The first-order valence-electron chi connectivity index (χ1n) is 7.33. The molecule has 2 aromatic rings. The van der Waals surface area contributed by atoms with Gasteiger partial charge in [0.25, 0.3) is 0 Å². The van der Waals surface area contributed by atoms with Crippen LogP contribution in [-0.4, -0.2) is 24.0 Å². The number of hydrogen-bond donors (Lipinski definition) is 0. The SMILES string of the molecule is CN1C2C=C(c3ccc4ccc(Br)cc4c3)CC1CC2. The minimum atomic E-state index is 0.655. The predicted molar refractivity (Wildman–Crippen MR) is 88.8 cm³/mol. The lowest BCUT2D eigenvalue weighted by Gasteiger charge is -2.30. The van der Waals surface area contributed by atoms with Crippen molar-refractivity contribution in [3.8, 4) is 0 Å². The van der Waals surface area contributed by atoms with Gasteiger partial charge in [0.1, 0.15) is 0 Å². The molecule has 0 aliphatic carbocycles. The molecule has 2 aliphatic rings. The van der Waals surface area contributed by atoms with Crippen molar-refractivity contribution < 1.29 is 0 Å². The van der Waals surface area contributed by atoms with Crippen LogP contribution in [0.15, 0.2) is 46.9 Å². The molecule has 2 aromatic carbocycles. The van der Waals surface area contributed by atoms with E-state index < -0.39 is 0 Å². The van der Waals surface area contributed by atoms with Gasteiger partial charge < -0.3 is 0 Å². The molecule has 0 saturated carbocycles. The molecule has 2 unspecified atom stereocenters. The molecule has 0 spiro atoms. The van der Waals surface area contributed by atoms with Gasteiger partial charge in [0.15, 0.2) is 0 Å². The molecule has 0 radical (unpaired) electrons. The molecular formula is C18H18BrN. The number of rotatable bonds is 1. The van der Waals surface area contributed by atoms with Crippen molar-refractivity contribution in [2.75, 3.05) is 7.05 Å². The van der Waals surface area contributed by atoms with E-state index >= 15 is 0 Å². The highest BCUT2D eigenvalue weighted by Gasteiger charge is 2.33. The van der Waals surface area contributed by atoms with Crippen molar-refractivity contribution in [2.45, 2.75) is 31.3 Å². The van der Waals surface area contributed by atoms with Gasteiger partial charge >= 0.3 is 0 Å². The van der Waals surface area contributed by atoms with E-state index in [-0.39, 0.29) is 0 Å². The standard InChI is InChI=1S/C18H18BrN/c1-20-17-6-7-18(20)11-15(10-17)13-3-2-12-4-5-16(19)9-14(12)8-13/h2-5,8-10,17-18H,6-7,11H2,1H3. The normalized spacial score (nSPS) is 26.0. The molecule has 4 rings (SSSR count). The largest absolute Gasteiger partial charge is 0.297 e. The van der Waals surface area contributed by atoms with E-state index in [4.69, 9.17) is 0 Å². The monoisotopic (exact) mass is 327 g/mol. The Labute approximate surface area is 128 Å².